The molecule has 1 saturated heterocycles. The molecule has 21 heavy (non-hydrogen) atoms. The van der Waals surface area contributed by atoms with Gasteiger partial charge in [-0.2, -0.15) is 9.97 Å². The monoisotopic (exact) mass is 288 g/mol. The summed E-state index contributed by atoms with van der Waals surface area (Å²) in [6.45, 7) is 8.66. The van der Waals surface area contributed by atoms with Gasteiger partial charge in [0.25, 0.3) is 0 Å². The minimum atomic E-state index is 0.485. The molecule has 3 heterocycles. The van der Waals surface area contributed by atoms with Crippen molar-refractivity contribution in [1.82, 2.24) is 19.9 Å². The molecule has 0 aliphatic carbocycles. The highest BCUT2D eigenvalue weighted by atomic mass is 15.3. The van der Waals surface area contributed by atoms with Gasteiger partial charge >= 0.3 is 0 Å². The molecule has 0 spiro atoms. The third-order valence-electron chi connectivity index (χ3n) is 4.45. The van der Waals surface area contributed by atoms with Crippen molar-refractivity contribution >= 4 is 22.9 Å². The molecule has 0 aromatic carbocycles. The van der Waals surface area contributed by atoms with Crippen LogP contribution >= 0.6 is 0 Å². The highest BCUT2D eigenvalue weighted by molar-refractivity contribution is 5.84. The zero-order chi connectivity index (χ0) is 14.8. The van der Waals surface area contributed by atoms with Gasteiger partial charge in [0.05, 0.1) is 6.33 Å². The fourth-order valence-corrected chi connectivity index (χ4v) is 2.98. The first kappa shape index (κ1) is 14.1. The van der Waals surface area contributed by atoms with E-state index in [1.165, 1.54) is 12.8 Å². The lowest BCUT2D eigenvalue weighted by Crippen LogP contribution is -2.43. The smallest absolute Gasteiger partial charge is 0.226 e. The summed E-state index contributed by atoms with van der Waals surface area (Å²) < 4.78 is 0. The molecule has 0 bridgehead atoms. The normalized spacial score (nSPS) is 22.7. The molecule has 6 nitrogen and oxygen atoms in total. The summed E-state index contributed by atoms with van der Waals surface area (Å²) in [6.07, 6.45) is 5.25. The van der Waals surface area contributed by atoms with E-state index in [1.807, 2.05) is 0 Å². The van der Waals surface area contributed by atoms with E-state index in [0.29, 0.717) is 17.9 Å². The van der Waals surface area contributed by atoms with Crippen LogP contribution in [0.1, 0.15) is 40.0 Å². The second kappa shape index (κ2) is 5.87. The highest BCUT2D eigenvalue weighted by Gasteiger charge is 2.28. The van der Waals surface area contributed by atoms with Crippen molar-refractivity contribution in [3.8, 4) is 0 Å². The summed E-state index contributed by atoms with van der Waals surface area (Å²) in [5.74, 6) is 2.34. The summed E-state index contributed by atoms with van der Waals surface area (Å²) in [7, 11) is 0. The molecule has 114 valence electrons. The van der Waals surface area contributed by atoms with Crippen LogP contribution in [0.3, 0.4) is 0 Å². The van der Waals surface area contributed by atoms with Gasteiger partial charge in [0.2, 0.25) is 5.95 Å². The molecule has 2 atom stereocenters. The number of hydrogen-bond donors (Lipinski definition) is 2. The number of fused-ring (bicyclic) bond motifs is 1. The molecule has 1 aliphatic heterocycles. The third kappa shape index (κ3) is 2.66. The Labute approximate surface area is 125 Å². The maximum atomic E-state index is 4.75. The molecule has 1 aliphatic rings. The van der Waals surface area contributed by atoms with Crippen LogP contribution in [0.25, 0.3) is 11.2 Å². The van der Waals surface area contributed by atoms with Gasteiger partial charge in [0, 0.05) is 19.1 Å². The maximum absolute atomic E-state index is 4.75. The molecule has 2 N–H and O–H groups in total. The Morgan fingerprint density at radius 3 is 3.05 bits per heavy atom. The minimum absolute atomic E-state index is 0.485. The molecule has 2 aromatic heterocycles. The Balaban J connectivity index is 2.00. The van der Waals surface area contributed by atoms with Crippen molar-refractivity contribution in [2.75, 3.05) is 23.3 Å². The summed E-state index contributed by atoms with van der Waals surface area (Å²) in [6, 6.07) is 0.485. The van der Waals surface area contributed by atoms with Crippen LogP contribution < -0.4 is 10.2 Å². The van der Waals surface area contributed by atoms with Crippen LogP contribution in [-0.4, -0.2) is 39.1 Å². The van der Waals surface area contributed by atoms with Gasteiger partial charge < -0.3 is 15.2 Å². The van der Waals surface area contributed by atoms with E-state index < -0.39 is 0 Å². The van der Waals surface area contributed by atoms with Gasteiger partial charge in [-0.05, 0) is 32.1 Å². The van der Waals surface area contributed by atoms with E-state index in [0.717, 1.165) is 36.5 Å². The molecular formula is C15H24N6. The first-order valence-electron chi connectivity index (χ1n) is 7.92. The molecule has 2 aromatic rings. The Morgan fingerprint density at radius 2 is 2.24 bits per heavy atom. The molecule has 0 saturated carbocycles. The molecule has 2 unspecified atom stereocenters. The number of piperidine rings is 1. The van der Waals surface area contributed by atoms with Crippen LogP contribution in [0.4, 0.5) is 11.8 Å². The summed E-state index contributed by atoms with van der Waals surface area (Å²) in [5, 5.41) is 3.28. The van der Waals surface area contributed by atoms with Crippen LogP contribution in [0, 0.1) is 5.92 Å². The molecule has 0 amide bonds. The largest absolute Gasteiger partial charge is 0.354 e. The quantitative estimate of drug-likeness (QED) is 0.905. The predicted octanol–water partition coefficient (Wildman–Crippen LogP) is 2.80. The predicted molar refractivity (Wildman–Crippen MR) is 85.7 cm³/mol. The first-order chi connectivity index (χ1) is 10.2. The van der Waals surface area contributed by atoms with Gasteiger partial charge in [-0.1, -0.05) is 13.8 Å². The fourth-order valence-electron chi connectivity index (χ4n) is 2.98. The van der Waals surface area contributed by atoms with Crippen LogP contribution in [0.5, 0.6) is 0 Å². The van der Waals surface area contributed by atoms with E-state index in [9.17, 15) is 0 Å². The van der Waals surface area contributed by atoms with Crippen molar-refractivity contribution in [2.24, 2.45) is 5.92 Å². The standard InChI is InChI=1S/C15H24N6/c1-4-7-16-15-19-13-12(17-9-18-13)14(20-15)21-8-5-6-10(2)11(21)3/h9-11H,4-8H2,1-3H3,(H2,16,17,18,19,20). The number of aromatic amines is 1. The molecule has 0 radical (unpaired) electrons. The van der Waals surface area contributed by atoms with Gasteiger partial charge in [0.15, 0.2) is 11.5 Å². The van der Waals surface area contributed by atoms with E-state index in [1.54, 1.807) is 6.33 Å². The second-order valence-corrected chi connectivity index (χ2v) is 5.95. The van der Waals surface area contributed by atoms with Gasteiger partial charge in [-0.3, -0.25) is 0 Å². The van der Waals surface area contributed by atoms with Gasteiger partial charge in [-0.15, -0.1) is 0 Å². The molecule has 1 fully saturated rings. The summed E-state index contributed by atoms with van der Waals surface area (Å²) in [4.78, 5) is 19.1. The summed E-state index contributed by atoms with van der Waals surface area (Å²) in [5.41, 5.74) is 1.68. The number of anilines is 2. The van der Waals surface area contributed by atoms with Crippen molar-refractivity contribution in [3.05, 3.63) is 6.33 Å². The van der Waals surface area contributed by atoms with Crippen molar-refractivity contribution in [2.45, 2.75) is 46.1 Å². The van der Waals surface area contributed by atoms with E-state index in [-0.39, 0.29) is 0 Å². The van der Waals surface area contributed by atoms with Crippen LogP contribution in [0.15, 0.2) is 6.33 Å². The zero-order valence-electron chi connectivity index (χ0n) is 13.1. The number of aromatic nitrogens is 4. The average Bonchev–Trinajstić information content (AvgIpc) is 2.95. The number of imidazole rings is 1. The number of hydrogen-bond acceptors (Lipinski definition) is 5. The lowest BCUT2D eigenvalue weighted by atomic mass is 9.92. The van der Waals surface area contributed by atoms with Crippen molar-refractivity contribution in [1.29, 1.82) is 0 Å². The highest BCUT2D eigenvalue weighted by Crippen LogP contribution is 2.31. The van der Waals surface area contributed by atoms with Crippen molar-refractivity contribution < 1.29 is 0 Å². The lowest BCUT2D eigenvalue weighted by molar-refractivity contribution is 0.362. The average molecular weight is 288 g/mol. The van der Waals surface area contributed by atoms with Crippen LogP contribution in [0.2, 0.25) is 0 Å². The third-order valence-corrected chi connectivity index (χ3v) is 4.45. The van der Waals surface area contributed by atoms with E-state index >= 15 is 0 Å². The van der Waals surface area contributed by atoms with Gasteiger partial charge in [-0.25, -0.2) is 4.98 Å². The summed E-state index contributed by atoms with van der Waals surface area (Å²) >= 11 is 0. The van der Waals surface area contributed by atoms with E-state index in [2.05, 4.69) is 45.9 Å². The Kier molecular flexibility index (Phi) is 3.94. The number of nitrogens with zero attached hydrogens (tertiary/aromatic N) is 4. The topological polar surface area (TPSA) is 69.7 Å². The SMILES string of the molecule is CCCNc1nc(N2CCCC(C)C2C)c2[nH]cnc2n1. The Bertz CT molecular complexity index is 607. The molecular weight excluding hydrogens is 264 g/mol. The molecule has 3 rings (SSSR count). The number of H-pyrrole nitrogens is 1. The van der Waals surface area contributed by atoms with E-state index in [4.69, 9.17) is 4.98 Å². The molecule has 6 heteroatoms. The Hall–Kier alpha value is -1.85. The fraction of sp³-hybridized carbons (Fsp3) is 0.667. The van der Waals surface area contributed by atoms with Crippen molar-refractivity contribution in [3.63, 3.8) is 0 Å². The maximum Gasteiger partial charge on any atom is 0.226 e. The van der Waals surface area contributed by atoms with Crippen LogP contribution in [-0.2, 0) is 0 Å². The lowest BCUT2D eigenvalue weighted by Gasteiger charge is -2.38. The Morgan fingerprint density at radius 1 is 1.38 bits per heavy atom. The second-order valence-electron chi connectivity index (χ2n) is 5.95. The minimum Gasteiger partial charge on any atom is -0.354 e. The number of nitrogens with one attached hydrogen (secondary N) is 2. The zero-order valence-corrected chi connectivity index (χ0v) is 13.1. The first-order valence-corrected chi connectivity index (χ1v) is 7.92. The number of rotatable bonds is 4. The van der Waals surface area contributed by atoms with Gasteiger partial charge in [0.1, 0.15) is 5.52 Å².